The number of alkyl halides is 3. The molecule has 0 radical (unpaired) electrons. The molecule has 0 atom stereocenters. The summed E-state index contributed by atoms with van der Waals surface area (Å²) >= 11 is 5.54. The van der Waals surface area contributed by atoms with E-state index in [9.17, 15) is 22.8 Å². The van der Waals surface area contributed by atoms with Gasteiger partial charge in [-0.2, -0.15) is 13.2 Å². The number of amides is 2. The number of hydrogen-bond donors (Lipinski definition) is 2. The topological polar surface area (TPSA) is 53.9 Å². The van der Waals surface area contributed by atoms with Gasteiger partial charge in [0, 0.05) is 12.6 Å². The molecule has 2 rings (SSSR count). The number of rotatable bonds is 3. The van der Waals surface area contributed by atoms with Crippen LogP contribution in [0.2, 0.25) is 5.02 Å². The standard InChI is InChI=1S/C15H17ClF3N3O2/c1-10(23)22-6-4-21(5-7-22)9-14(24)20-11-2-3-13(16)12(8-11)15(17,18)19/h2-3,8H,4-7,9H2,1H3,(H,20,24)/p+1. The van der Waals surface area contributed by atoms with E-state index in [1.54, 1.807) is 4.90 Å². The predicted octanol–water partition coefficient (Wildman–Crippen LogP) is 1.04. The first kappa shape index (κ1) is 18.5. The summed E-state index contributed by atoms with van der Waals surface area (Å²) in [5.41, 5.74) is -0.928. The number of carbonyl (C=O) groups is 2. The van der Waals surface area contributed by atoms with E-state index in [4.69, 9.17) is 11.6 Å². The number of piperazine rings is 1. The smallest absolute Gasteiger partial charge is 0.332 e. The summed E-state index contributed by atoms with van der Waals surface area (Å²) in [7, 11) is 0. The molecular formula is C15H18ClF3N3O2+. The Morgan fingerprint density at radius 2 is 1.92 bits per heavy atom. The van der Waals surface area contributed by atoms with Gasteiger partial charge in [0.15, 0.2) is 6.54 Å². The van der Waals surface area contributed by atoms with Gasteiger partial charge in [0.1, 0.15) is 0 Å². The second-order valence-electron chi connectivity index (χ2n) is 5.67. The first-order valence-electron chi connectivity index (χ1n) is 7.42. The van der Waals surface area contributed by atoms with Crippen LogP contribution in [0.5, 0.6) is 0 Å². The summed E-state index contributed by atoms with van der Waals surface area (Å²) in [5.74, 6) is -0.379. The van der Waals surface area contributed by atoms with Crippen molar-refractivity contribution in [3.63, 3.8) is 0 Å². The first-order valence-corrected chi connectivity index (χ1v) is 7.80. The third-order valence-corrected chi connectivity index (χ3v) is 4.21. The van der Waals surface area contributed by atoms with Gasteiger partial charge in [-0.3, -0.25) is 9.59 Å². The summed E-state index contributed by atoms with van der Waals surface area (Å²) in [6.45, 7) is 4.02. The fourth-order valence-electron chi connectivity index (χ4n) is 2.57. The lowest BCUT2D eigenvalue weighted by molar-refractivity contribution is -0.895. The molecule has 132 valence electrons. The van der Waals surface area contributed by atoms with Crippen molar-refractivity contribution in [3.05, 3.63) is 28.8 Å². The van der Waals surface area contributed by atoms with Gasteiger partial charge in [0.25, 0.3) is 5.91 Å². The minimum absolute atomic E-state index is 0.000606. The Labute approximate surface area is 142 Å². The van der Waals surface area contributed by atoms with Crippen LogP contribution in [0.4, 0.5) is 18.9 Å². The zero-order valence-corrected chi connectivity index (χ0v) is 13.8. The van der Waals surface area contributed by atoms with Crippen molar-refractivity contribution in [2.24, 2.45) is 0 Å². The maximum Gasteiger partial charge on any atom is 0.417 e. The zero-order valence-electron chi connectivity index (χ0n) is 13.0. The number of quaternary nitrogens is 1. The van der Waals surface area contributed by atoms with Crippen LogP contribution in [-0.4, -0.2) is 49.4 Å². The van der Waals surface area contributed by atoms with Gasteiger partial charge < -0.3 is 15.1 Å². The van der Waals surface area contributed by atoms with Gasteiger partial charge in [-0.25, -0.2) is 0 Å². The lowest BCUT2D eigenvalue weighted by atomic mass is 10.2. The summed E-state index contributed by atoms with van der Waals surface area (Å²) in [5, 5.41) is 2.05. The fraction of sp³-hybridized carbons (Fsp3) is 0.467. The third-order valence-electron chi connectivity index (χ3n) is 3.88. The van der Waals surface area contributed by atoms with E-state index in [2.05, 4.69) is 5.32 Å². The minimum Gasteiger partial charge on any atom is -0.332 e. The van der Waals surface area contributed by atoms with Gasteiger partial charge >= 0.3 is 6.18 Å². The van der Waals surface area contributed by atoms with E-state index >= 15 is 0 Å². The number of carbonyl (C=O) groups excluding carboxylic acids is 2. The van der Waals surface area contributed by atoms with Gasteiger partial charge in [-0.05, 0) is 18.2 Å². The second-order valence-corrected chi connectivity index (χ2v) is 6.08. The second kappa shape index (κ2) is 7.40. The van der Waals surface area contributed by atoms with Crippen molar-refractivity contribution in [2.45, 2.75) is 13.1 Å². The summed E-state index contributed by atoms with van der Waals surface area (Å²) in [4.78, 5) is 25.9. The molecule has 0 aromatic heterocycles. The Bertz CT molecular complexity index is 629. The zero-order chi connectivity index (χ0) is 17.9. The average Bonchev–Trinajstić information content (AvgIpc) is 2.48. The van der Waals surface area contributed by atoms with Crippen LogP contribution in [-0.2, 0) is 15.8 Å². The Hall–Kier alpha value is -1.80. The van der Waals surface area contributed by atoms with Crippen molar-refractivity contribution in [1.82, 2.24) is 4.90 Å². The molecule has 5 nitrogen and oxygen atoms in total. The molecule has 24 heavy (non-hydrogen) atoms. The Morgan fingerprint density at radius 1 is 1.29 bits per heavy atom. The predicted molar refractivity (Wildman–Crippen MR) is 82.9 cm³/mol. The van der Waals surface area contributed by atoms with Crippen molar-refractivity contribution in [3.8, 4) is 0 Å². The molecule has 1 aromatic rings. The van der Waals surface area contributed by atoms with Gasteiger partial charge in [0.05, 0.1) is 36.8 Å². The SMILES string of the molecule is CC(=O)N1CC[NH+](CC(=O)Nc2ccc(Cl)c(C(F)(F)F)c2)CC1. The summed E-state index contributed by atoms with van der Waals surface area (Å²) in [6, 6.07) is 3.26. The third kappa shape index (κ3) is 4.85. The molecule has 0 saturated carbocycles. The quantitative estimate of drug-likeness (QED) is 0.842. The lowest BCUT2D eigenvalue weighted by Gasteiger charge is -2.31. The van der Waals surface area contributed by atoms with Crippen LogP contribution >= 0.6 is 11.6 Å². The van der Waals surface area contributed by atoms with Crippen molar-refractivity contribution >= 4 is 29.1 Å². The molecule has 1 fully saturated rings. The number of hydrogen-bond acceptors (Lipinski definition) is 2. The first-order chi connectivity index (χ1) is 11.2. The summed E-state index contributed by atoms with van der Waals surface area (Å²) in [6.07, 6.45) is -4.58. The highest BCUT2D eigenvalue weighted by molar-refractivity contribution is 6.31. The van der Waals surface area contributed by atoms with Crippen LogP contribution in [0.3, 0.4) is 0 Å². The van der Waals surface area contributed by atoms with E-state index in [1.807, 2.05) is 0 Å². The van der Waals surface area contributed by atoms with Crippen LogP contribution in [0, 0.1) is 0 Å². The molecule has 0 bridgehead atoms. The number of nitrogens with zero attached hydrogens (tertiary/aromatic N) is 1. The van der Waals surface area contributed by atoms with Crippen molar-refractivity contribution in [2.75, 3.05) is 38.0 Å². The average molecular weight is 365 g/mol. The molecular weight excluding hydrogens is 347 g/mol. The van der Waals surface area contributed by atoms with E-state index in [0.29, 0.717) is 26.2 Å². The number of benzene rings is 1. The van der Waals surface area contributed by atoms with Gasteiger partial charge in [-0.1, -0.05) is 11.6 Å². The Morgan fingerprint density at radius 3 is 2.46 bits per heavy atom. The van der Waals surface area contributed by atoms with Gasteiger partial charge in [0.2, 0.25) is 5.91 Å². The maximum absolute atomic E-state index is 12.8. The molecule has 0 spiro atoms. The molecule has 9 heteroatoms. The Balaban J connectivity index is 1.93. The van der Waals surface area contributed by atoms with Crippen LogP contribution in [0.1, 0.15) is 12.5 Å². The van der Waals surface area contributed by atoms with Crippen molar-refractivity contribution < 1.29 is 27.7 Å². The maximum atomic E-state index is 12.8. The van der Waals surface area contributed by atoms with E-state index in [0.717, 1.165) is 17.0 Å². The van der Waals surface area contributed by atoms with Crippen LogP contribution < -0.4 is 10.2 Å². The van der Waals surface area contributed by atoms with Crippen LogP contribution in [0.15, 0.2) is 18.2 Å². The monoisotopic (exact) mass is 364 g/mol. The highest BCUT2D eigenvalue weighted by Crippen LogP contribution is 2.36. The fourth-order valence-corrected chi connectivity index (χ4v) is 2.79. The molecule has 1 aliphatic rings. The molecule has 2 amide bonds. The molecule has 2 N–H and O–H groups in total. The lowest BCUT2D eigenvalue weighted by Crippen LogP contribution is -3.15. The molecule has 0 unspecified atom stereocenters. The van der Waals surface area contributed by atoms with E-state index in [-0.39, 0.29) is 24.0 Å². The van der Waals surface area contributed by atoms with E-state index < -0.39 is 16.8 Å². The number of anilines is 1. The molecule has 0 aliphatic carbocycles. The molecule has 1 saturated heterocycles. The largest absolute Gasteiger partial charge is 0.417 e. The van der Waals surface area contributed by atoms with Crippen molar-refractivity contribution in [1.29, 1.82) is 0 Å². The molecule has 1 heterocycles. The van der Waals surface area contributed by atoms with Crippen LogP contribution in [0.25, 0.3) is 0 Å². The normalized spacial score (nSPS) is 16.1. The summed E-state index contributed by atoms with van der Waals surface area (Å²) < 4.78 is 38.4. The minimum atomic E-state index is -4.58. The molecule has 1 aliphatic heterocycles. The van der Waals surface area contributed by atoms with Gasteiger partial charge in [-0.15, -0.1) is 0 Å². The number of halogens is 4. The highest BCUT2D eigenvalue weighted by atomic mass is 35.5. The van der Waals surface area contributed by atoms with E-state index in [1.165, 1.54) is 13.0 Å². The highest BCUT2D eigenvalue weighted by Gasteiger charge is 2.33. The molecule has 1 aromatic carbocycles. The Kier molecular flexibility index (Phi) is 5.71. The number of nitrogens with one attached hydrogen (secondary N) is 2.